The maximum Gasteiger partial charge on any atom is 0.359 e. The Bertz CT molecular complexity index is 891. The summed E-state index contributed by atoms with van der Waals surface area (Å²) in [5.74, 6) is -1.05. The lowest BCUT2D eigenvalue weighted by molar-refractivity contribution is -0.124. The van der Waals surface area contributed by atoms with Gasteiger partial charge in [0.2, 0.25) is 0 Å². The number of carbonyl (C=O) groups is 2. The zero-order chi connectivity index (χ0) is 17.6. The molecule has 126 valence electrons. The molecule has 0 saturated carbocycles. The monoisotopic (exact) mass is 335 g/mol. The summed E-state index contributed by atoms with van der Waals surface area (Å²) in [7, 11) is 0. The van der Waals surface area contributed by atoms with Crippen molar-refractivity contribution in [3.8, 4) is 0 Å². The summed E-state index contributed by atoms with van der Waals surface area (Å²) in [5.41, 5.74) is 0.746. The van der Waals surface area contributed by atoms with E-state index in [9.17, 15) is 9.59 Å². The SMILES string of the molecule is CCC(OC(=O)c1cnccn1)C(=O)Nc1cccc2ccccc12. The molecule has 6 heteroatoms. The van der Waals surface area contributed by atoms with Crippen LogP contribution in [0.4, 0.5) is 5.69 Å². The van der Waals surface area contributed by atoms with Gasteiger partial charge in [-0.3, -0.25) is 9.78 Å². The number of carbonyl (C=O) groups excluding carboxylic acids is 2. The van der Waals surface area contributed by atoms with E-state index in [2.05, 4.69) is 15.3 Å². The number of ether oxygens (including phenoxy) is 1. The van der Waals surface area contributed by atoms with E-state index in [0.717, 1.165) is 10.8 Å². The topological polar surface area (TPSA) is 81.2 Å². The summed E-state index contributed by atoms with van der Waals surface area (Å²) >= 11 is 0. The van der Waals surface area contributed by atoms with Crippen molar-refractivity contribution in [1.29, 1.82) is 0 Å². The lowest BCUT2D eigenvalue weighted by Crippen LogP contribution is -2.32. The quantitative estimate of drug-likeness (QED) is 0.724. The van der Waals surface area contributed by atoms with Gasteiger partial charge in [-0.15, -0.1) is 0 Å². The molecule has 3 aromatic rings. The Balaban J connectivity index is 1.75. The highest BCUT2D eigenvalue weighted by atomic mass is 16.5. The summed E-state index contributed by atoms with van der Waals surface area (Å²) in [6.45, 7) is 1.78. The van der Waals surface area contributed by atoms with Crippen molar-refractivity contribution in [3.63, 3.8) is 0 Å². The molecule has 0 saturated heterocycles. The number of amides is 1. The van der Waals surface area contributed by atoms with Crippen LogP contribution in [0.15, 0.2) is 61.1 Å². The van der Waals surface area contributed by atoms with Gasteiger partial charge in [0, 0.05) is 23.5 Å². The van der Waals surface area contributed by atoms with E-state index in [1.54, 1.807) is 6.92 Å². The van der Waals surface area contributed by atoms with Crippen LogP contribution in [-0.2, 0) is 9.53 Å². The molecule has 0 spiro atoms. The van der Waals surface area contributed by atoms with Crippen LogP contribution in [0.2, 0.25) is 0 Å². The second-order valence-corrected chi connectivity index (χ2v) is 5.41. The fourth-order valence-electron chi connectivity index (χ4n) is 2.46. The van der Waals surface area contributed by atoms with Crippen LogP contribution in [0, 0.1) is 0 Å². The average Bonchev–Trinajstić information content (AvgIpc) is 2.66. The Hall–Kier alpha value is -3.28. The second kappa shape index (κ2) is 7.53. The first-order chi connectivity index (χ1) is 12.2. The molecule has 1 amide bonds. The zero-order valence-corrected chi connectivity index (χ0v) is 13.7. The number of hydrogen-bond acceptors (Lipinski definition) is 5. The van der Waals surface area contributed by atoms with Gasteiger partial charge in [-0.05, 0) is 17.9 Å². The van der Waals surface area contributed by atoms with Crippen molar-refractivity contribution >= 4 is 28.3 Å². The third-order valence-corrected chi connectivity index (χ3v) is 3.73. The fourth-order valence-corrected chi connectivity index (χ4v) is 2.46. The molecule has 0 radical (unpaired) electrons. The van der Waals surface area contributed by atoms with E-state index in [-0.39, 0.29) is 11.6 Å². The number of aromatic nitrogens is 2. The van der Waals surface area contributed by atoms with Gasteiger partial charge in [-0.25, -0.2) is 9.78 Å². The van der Waals surface area contributed by atoms with E-state index < -0.39 is 12.1 Å². The van der Waals surface area contributed by atoms with E-state index in [4.69, 9.17) is 4.74 Å². The number of rotatable bonds is 5. The molecular formula is C19H17N3O3. The van der Waals surface area contributed by atoms with E-state index >= 15 is 0 Å². The van der Waals surface area contributed by atoms with Crippen LogP contribution in [-0.4, -0.2) is 27.9 Å². The Morgan fingerprint density at radius 1 is 1.12 bits per heavy atom. The number of benzene rings is 2. The van der Waals surface area contributed by atoms with Crippen LogP contribution in [0.3, 0.4) is 0 Å². The van der Waals surface area contributed by atoms with Crippen LogP contribution < -0.4 is 5.32 Å². The van der Waals surface area contributed by atoms with Crippen molar-refractivity contribution in [1.82, 2.24) is 9.97 Å². The summed E-state index contributed by atoms with van der Waals surface area (Å²) in [6.07, 6.45) is 3.60. The highest BCUT2D eigenvalue weighted by molar-refractivity contribution is 6.04. The third-order valence-electron chi connectivity index (χ3n) is 3.73. The van der Waals surface area contributed by atoms with E-state index in [0.29, 0.717) is 12.1 Å². The van der Waals surface area contributed by atoms with Crippen LogP contribution in [0.5, 0.6) is 0 Å². The summed E-state index contributed by atoms with van der Waals surface area (Å²) < 4.78 is 5.28. The summed E-state index contributed by atoms with van der Waals surface area (Å²) in [4.78, 5) is 32.3. The van der Waals surface area contributed by atoms with Crippen molar-refractivity contribution in [2.24, 2.45) is 0 Å². The first kappa shape index (κ1) is 16.6. The van der Waals surface area contributed by atoms with E-state index in [1.165, 1.54) is 18.6 Å². The van der Waals surface area contributed by atoms with Crippen molar-refractivity contribution < 1.29 is 14.3 Å². The van der Waals surface area contributed by atoms with Gasteiger partial charge >= 0.3 is 5.97 Å². The Labute approximate surface area is 144 Å². The minimum atomic E-state index is -0.909. The molecule has 6 nitrogen and oxygen atoms in total. The van der Waals surface area contributed by atoms with Crippen LogP contribution in [0.25, 0.3) is 10.8 Å². The Morgan fingerprint density at radius 2 is 1.92 bits per heavy atom. The predicted octanol–water partition coefficient (Wildman–Crippen LogP) is 3.20. The molecule has 0 bridgehead atoms. The number of anilines is 1. The zero-order valence-electron chi connectivity index (χ0n) is 13.7. The van der Waals surface area contributed by atoms with Crippen molar-refractivity contribution in [2.45, 2.75) is 19.4 Å². The number of nitrogens with one attached hydrogen (secondary N) is 1. The van der Waals surface area contributed by atoms with Crippen LogP contribution in [0.1, 0.15) is 23.8 Å². The number of esters is 1. The molecule has 2 aromatic carbocycles. The molecule has 1 N–H and O–H groups in total. The highest BCUT2D eigenvalue weighted by Crippen LogP contribution is 2.23. The number of fused-ring (bicyclic) bond motifs is 1. The van der Waals surface area contributed by atoms with Crippen LogP contribution >= 0.6 is 0 Å². The molecule has 1 unspecified atom stereocenters. The molecule has 25 heavy (non-hydrogen) atoms. The normalized spacial score (nSPS) is 11.7. The maximum atomic E-state index is 12.5. The Kier molecular flexibility index (Phi) is 4.99. The lowest BCUT2D eigenvalue weighted by Gasteiger charge is -2.16. The molecule has 0 aliphatic rings. The smallest absolute Gasteiger partial charge is 0.359 e. The van der Waals surface area contributed by atoms with Gasteiger partial charge in [0.15, 0.2) is 11.8 Å². The van der Waals surface area contributed by atoms with Gasteiger partial charge in [-0.1, -0.05) is 43.3 Å². The summed E-state index contributed by atoms with van der Waals surface area (Å²) in [5, 5.41) is 4.78. The molecule has 3 rings (SSSR count). The van der Waals surface area contributed by atoms with Gasteiger partial charge in [0.1, 0.15) is 0 Å². The second-order valence-electron chi connectivity index (χ2n) is 5.41. The van der Waals surface area contributed by atoms with Gasteiger partial charge in [0.05, 0.1) is 6.20 Å². The minimum absolute atomic E-state index is 0.0684. The molecule has 1 heterocycles. The highest BCUT2D eigenvalue weighted by Gasteiger charge is 2.23. The van der Waals surface area contributed by atoms with Gasteiger partial charge in [0.25, 0.3) is 5.91 Å². The first-order valence-corrected chi connectivity index (χ1v) is 7.94. The lowest BCUT2D eigenvalue weighted by atomic mass is 10.1. The van der Waals surface area contributed by atoms with Gasteiger partial charge < -0.3 is 10.1 Å². The molecule has 1 atom stereocenters. The average molecular weight is 335 g/mol. The minimum Gasteiger partial charge on any atom is -0.447 e. The standard InChI is InChI=1S/C19H17N3O3/c1-2-17(25-19(24)16-12-20-10-11-21-16)18(23)22-15-9-5-7-13-6-3-4-8-14(13)15/h3-12,17H,2H2,1H3,(H,22,23). The molecule has 0 fully saturated rings. The molecule has 0 aliphatic heterocycles. The number of nitrogens with zero attached hydrogens (tertiary/aromatic N) is 2. The predicted molar refractivity (Wildman–Crippen MR) is 94.1 cm³/mol. The fraction of sp³-hybridized carbons (Fsp3) is 0.158. The third kappa shape index (κ3) is 3.80. The molecular weight excluding hydrogens is 318 g/mol. The largest absolute Gasteiger partial charge is 0.447 e. The molecule has 0 aliphatic carbocycles. The van der Waals surface area contributed by atoms with Crippen molar-refractivity contribution in [2.75, 3.05) is 5.32 Å². The van der Waals surface area contributed by atoms with Crippen molar-refractivity contribution in [3.05, 3.63) is 66.7 Å². The van der Waals surface area contributed by atoms with E-state index in [1.807, 2.05) is 42.5 Å². The molecule has 1 aromatic heterocycles. The summed E-state index contributed by atoms with van der Waals surface area (Å²) in [6, 6.07) is 13.4. The maximum absolute atomic E-state index is 12.5. The Morgan fingerprint density at radius 3 is 2.68 bits per heavy atom. The number of hydrogen-bond donors (Lipinski definition) is 1. The van der Waals surface area contributed by atoms with Gasteiger partial charge in [-0.2, -0.15) is 0 Å². The first-order valence-electron chi connectivity index (χ1n) is 7.94.